The first-order valence-electron chi connectivity index (χ1n) is 9.47. The third kappa shape index (κ3) is 3.29. The maximum absolute atomic E-state index is 10.8. The van der Waals surface area contributed by atoms with Gasteiger partial charge in [0.2, 0.25) is 0 Å². The Morgan fingerprint density at radius 2 is 1.71 bits per heavy atom. The van der Waals surface area contributed by atoms with E-state index < -0.39 is 4.92 Å². The molecule has 0 aliphatic rings. The standard InChI is InChI=1S/C23H16N4O4/c1-30-21-14-16(6-12-20(21)31-18-10-8-17(9-11-18)27(28)29)23-25-24-22-13-7-15-4-2-3-5-19(15)26(22)23/h2-14H,1H3. The molecule has 2 heterocycles. The quantitative estimate of drug-likeness (QED) is 0.289. The number of nitrogens with zero attached hydrogens (tertiary/aromatic N) is 4. The highest BCUT2D eigenvalue weighted by molar-refractivity contribution is 5.84. The number of non-ortho nitro benzene ring substituents is 1. The van der Waals surface area contributed by atoms with Crippen molar-refractivity contribution in [2.24, 2.45) is 0 Å². The van der Waals surface area contributed by atoms with Crippen LogP contribution in [0, 0.1) is 10.1 Å². The second kappa shape index (κ2) is 7.42. The summed E-state index contributed by atoms with van der Waals surface area (Å²) in [7, 11) is 1.55. The molecule has 0 aliphatic heterocycles. The molecule has 8 nitrogen and oxygen atoms in total. The van der Waals surface area contributed by atoms with Crippen LogP contribution in [0.1, 0.15) is 0 Å². The van der Waals surface area contributed by atoms with E-state index in [2.05, 4.69) is 10.2 Å². The molecule has 0 atom stereocenters. The lowest BCUT2D eigenvalue weighted by atomic mass is 10.1. The van der Waals surface area contributed by atoms with E-state index in [0.29, 0.717) is 23.1 Å². The molecule has 0 unspecified atom stereocenters. The number of ether oxygens (including phenoxy) is 2. The molecule has 3 aromatic carbocycles. The number of para-hydroxylation sites is 1. The van der Waals surface area contributed by atoms with Crippen molar-refractivity contribution in [3.63, 3.8) is 0 Å². The number of aromatic nitrogens is 3. The highest BCUT2D eigenvalue weighted by Crippen LogP contribution is 2.36. The molecule has 0 radical (unpaired) electrons. The average Bonchev–Trinajstić information content (AvgIpc) is 3.24. The Balaban J connectivity index is 1.55. The summed E-state index contributed by atoms with van der Waals surface area (Å²) >= 11 is 0. The van der Waals surface area contributed by atoms with Crippen LogP contribution in [0.5, 0.6) is 17.2 Å². The Bertz CT molecular complexity index is 1430. The lowest BCUT2D eigenvalue weighted by Crippen LogP contribution is -1.95. The molecule has 0 spiro atoms. The van der Waals surface area contributed by atoms with E-state index in [9.17, 15) is 10.1 Å². The average molecular weight is 412 g/mol. The fourth-order valence-corrected chi connectivity index (χ4v) is 3.48. The second-order valence-electron chi connectivity index (χ2n) is 6.83. The fraction of sp³-hybridized carbons (Fsp3) is 0.0435. The van der Waals surface area contributed by atoms with Crippen molar-refractivity contribution in [1.82, 2.24) is 14.6 Å². The Kier molecular flexibility index (Phi) is 4.44. The summed E-state index contributed by atoms with van der Waals surface area (Å²) < 4.78 is 13.4. The molecule has 5 aromatic rings. The van der Waals surface area contributed by atoms with Crippen LogP contribution < -0.4 is 9.47 Å². The lowest BCUT2D eigenvalue weighted by Gasteiger charge is -2.12. The van der Waals surface area contributed by atoms with Crippen LogP contribution >= 0.6 is 0 Å². The number of pyridine rings is 1. The lowest BCUT2D eigenvalue weighted by molar-refractivity contribution is -0.384. The third-order valence-electron chi connectivity index (χ3n) is 4.97. The SMILES string of the molecule is COc1cc(-c2nnc3ccc4ccccc4n23)ccc1Oc1ccc([N+](=O)[O-])cc1. The van der Waals surface area contributed by atoms with Gasteiger partial charge >= 0.3 is 0 Å². The van der Waals surface area contributed by atoms with Crippen molar-refractivity contribution in [2.45, 2.75) is 0 Å². The summed E-state index contributed by atoms with van der Waals surface area (Å²) in [4.78, 5) is 10.4. The monoisotopic (exact) mass is 412 g/mol. The van der Waals surface area contributed by atoms with Crippen LogP contribution in [0.25, 0.3) is 27.9 Å². The van der Waals surface area contributed by atoms with Crippen LogP contribution in [0.2, 0.25) is 0 Å². The van der Waals surface area contributed by atoms with Gasteiger partial charge in [-0.3, -0.25) is 14.5 Å². The third-order valence-corrected chi connectivity index (χ3v) is 4.97. The Morgan fingerprint density at radius 3 is 2.48 bits per heavy atom. The van der Waals surface area contributed by atoms with E-state index in [0.717, 1.165) is 22.1 Å². The summed E-state index contributed by atoms with van der Waals surface area (Å²) in [5.74, 6) is 2.15. The topological polar surface area (TPSA) is 91.8 Å². The van der Waals surface area contributed by atoms with E-state index in [4.69, 9.17) is 9.47 Å². The number of nitro groups is 1. The van der Waals surface area contributed by atoms with Gasteiger partial charge in [-0.15, -0.1) is 10.2 Å². The Hall–Kier alpha value is -4.46. The number of benzene rings is 3. The summed E-state index contributed by atoms with van der Waals surface area (Å²) in [5, 5.41) is 20.6. The molecule has 0 amide bonds. The van der Waals surface area contributed by atoms with Gasteiger partial charge in [0.05, 0.1) is 17.5 Å². The predicted octanol–water partition coefficient (Wildman–Crippen LogP) is 5.26. The number of hydrogen-bond donors (Lipinski definition) is 0. The van der Waals surface area contributed by atoms with Crippen molar-refractivity contribution >= 4 is 22.2 Å². The molecule has 5 rings (SSSR count). The molecule has 0 saturated carbocycles. The number of nitro benzene ring substituents is 1. The van der Waals surface area contributed by atoms with Crippen LogP contribution in [-0.2, 0) is 0 Å². The van der Waals surface area contributed by atoms with Gasteiger partial charge in [0.25, 0.3) is 5.69 Å². The zero-order valence-electron chi connectivity index (χ0n) is 16.4. The van der Waals surface area contributed by atoms with Gasteiger partial charge in [-0.05, 0) is 53.9 Å². The van der Waals surface area contributed by atoms with Gasteiger partial charge in [0.15, 0.2) is 23.0 Å². The van der Waals surface area contributed by atoms with Gasteiger partial charge in [0.1, 0.15) is 5.75 Å². The summed E-state index contributed by atoms with van der Waals surface area (Å²) in [6.45, 7) is 0. The number of rotatable bonds is 5. The van der Waals surface area contributed by atoms with Gasteiger partial charge in [-0.2, -0.15) is 0 Å². The zero-order chi connectivity index (χ0) is 21.4. The first-order valence-corrected chi connectivity index (χ1v) is 9.47. The molecule has 0 aliphatic carbocycles. The molecule has 8 heteroatoms. The minimum Gasteiger partial charge on any atom is -0.493 e. The van der Waals surface area contributed by atoms with Crippen molar-refractivity contribution in [3.05, 3.63) is 89.0 Å². The Labute approximate surface area is 176 Å². The molecule has 0 saturated heterocycles. The van der Waals surface area contributed by atoms with Crippen molar-refractivity contribution in [3.8, 4) is 28.6 Å². The Morgan fingerprint density at radius 1 is 0.903 bits per heavy atom. The van der Waals surface area contributed by atoms with E-state index in [1.165, 1.54) is 12.1 Å². The van der Waals surface area contributed by atoms with Crippen LogP contribution in [0.4, 0.5) is 5.69 Å². The highest BCUT2D eigenvalue weighted by atomic mass is 16.6. The molecule has 31 heavy (non-hydrogen) atoms. The highest BCUT2D eigenvalue weighted by Gasteiger charge is 2.15. The number of hydrogen-bond acceptors (Lipinski definition) is 6. The van der Waals surface area contributed by atoms with E-state index in [-0.39, 0.29) is 5.69 Å². The van der Waals surface area contributed by atoms with E-state index in [1.807, 2.05) is 52.9 Å². The minimum atomic E-state index is -0.453. The molecular weight excluding hydrogens is 396 g/mol. The van der Waals surface area contributed by atoms with Gasteiger partial charge in [-0.1, -0.05) is 18.2 Å². The maximum atomic E-state index is 10.8. The summed E-state index contributed by atoms with van der Waals surface area (Å²) in [5.41, 5.74) is 2.57. The molecule has 0 bridgehead atoms. The molecule has 2 aromatic heterocycles. The molecular formula is C23H16N4O4. The van der Waals surface area contributed by atoms with E-state index >= 15 is 0 Å². The molecule has 152 valence electrons. The van der Waals surface area contributed by atoms with Gasteiger partial charge in [-0.25, -0.2) is 0 Å². The fourth-order valence-electron chi connectivity index (χ4n) is 3.48. The summed E-state index contributed by atoms with van der Waals surface area (Å²) in [6, 6.07) is 23.4. The predicted molar refractivity (Wildman–Crippen MR) is 116 cm³/mol. The van der Waals surface area contributed by atoms with Gasteiger partial charge < -0.3 is 9.47 Å². The van der Waals surface area contributed by atoms with Crippen molar-refractivity contribution in [2.75, 3.05) is 7.11 Å². The summed E-state index contributed by atoms with van der Waals surface area (Å²) in [6.07, 6.45) is 0. The zero-order valence-corrected chi connectivity index (χ0v) is 16.4. The minimum absolute atomic E-state index is 0.000532. The largest absolute Gasteiger partial charge is 0.493 e. The van der Waals surface area contributed by atoms with E-state index in [1.54, 1.807) is 25.3 Å². The first-order chi connectivity index (χ1) is 15.1. The normalized spacial score (nSPS) is 11.0. The van der Waals surface area contributed by atoms with Crippen LogP contribution in [0.15, 0.2) is 78.9 Å². The van der Waals surface area contributed by atoms with Gasteiger partial charge in [0, 0.05) is 17.7 Å². The smallest absolute Gasteiger partial charge is 0.269 e. The second-order valence-corrected chi connectivity index (χ2v) is 6.83. The van der Waals surface area contributed by atoms with Crippen molar-refractivity contribution in [1.29, 1.82) is 0 Å². The number of methoxy groups -OCH3 is 1. The maximum Gasteiger partial charge on any atom is 0.269 e. The number of fused-ring (bicyclic) bond motifs is 3. The van der Waals surface area contributed by atoms with Crippen LogP contribution in [-0.4, -0.2) is 26.6 Å². The van der Waals surface area contributed by atoms with Crippen LogP contribution in [0.3, 0.4) is 0 Å². The first kappa shape index (κ1) is 18.6. The van der Waals surface area contributed by atoms with Crippen molar-refractivity contribution < 1.29 is 14.4 Å². The molecule has 0 N–H and O–H groups in total. The molecule has 0 fully saturated rings.